The molecule has 6 nitrogen and oxygen atoms in total. The van der Waals surface area contributed by atoms with E-state index in [1.807, 2.05) is 62.4 Å². The smallest absolute Gasteiger partial charge is 0.277 e. The van der Waals surface area contributed by atoms with Crippen molar-refractivity contribution >= 4 is 17.7 Å². The number of nitrogens with one attached hydrogen (secondary N) is 1. The van der Waals surface area contributed by atoms with Gasteiger partial charge in [-0.25, -0.2) is 0 Å². The lowest BCUT2D eigenvalue weighted by molar-refractivity contribution is -0.120. The first-order chi connectivity index (χ1) is 13.5. The maximum absolute atomic E-state index is 12.3. The molecule has 1 atom stereocenters. The number of aryl methyl sites for hydroxylation is 1. The second kappa shape index (κ2) is 9.41. The third-order valence-electron chi connectivity index (χ3n) is 4.20. The van der Waals surface area contributed by atoms with Crippen LogP contribution in [0.1, 0.15) is 29.5 Å². The fourth-order valence-corrected chi connectivity index (χ4v) is 3.24. The summed E-state index contributed by atoms with van der Waals surface area (Å²) < 4.78 is 10.8. The summed E-state index contributed by atoms with van der Waals surface area (Å²) in [5, 5.41) is 11.1. The fraction of sp³-hybridized carbons (Fsp3) is 0.286. The molecule has 0 unspecified atom stereocenters. The van der Waals surface area contributed by atoms with Crippen LogP contribution in [0.2, 0.25) is 0 Å². The van der Waals surface area contributed by atoms with Crippen LogP contribution in [0.3, 0.4) is 0 Å². The van der Waals surface area contributed by atoms with Gasteiger partial charge in [-0.15, -0.1) is 10.2 Å². The van der Waals surface area contributed by atoms with Crippen molar-refractivity contribution < 1.29 is 13.9 Å². The standard InChI is InChI=1S/C21H23N3O3S/c1-14-4-6-17(7-5-14)13-22-20(25)15(2)28-21-24-23-19(27-21)12-16-8-10-18(26-3)11-9-16/h4-11,15H,12-13H2,1-3H3,(H,22,25)/t15-/m1/s1. The molecule has 0 spiro atoms. The van der Waals surface area contributed by atoms with Crippen LogP contribution in [-0.2, 0) is 17.8 Å². The Bertz CT molecular complexity index is 907. The largest absolute Gasteiger partial charge is 0.497 e. The van der Waals surface area contributed by atoms with Gasteiger partial charge in [-0.1, -0.05) is 53.7 Å². The molecule has 1 amide bonds. The van der Waals surface area contributed by atoms with Crippen molar-refractivity contribution in [3.63, 3.8) is 0 Å². The lowest BCUT2D eigenvalue weighted by Gasteiger charge is -2.10. The van der Waals surface area contributed by atoms with E-state index >= 15 is 0 Å². The van der Waals surface area contributed by atoms with Crippen LogP contribution in [0.5, 0.6) is 5.75 Å². The van der Waals surface area contributed by atoms with E-state index in [9.17, 15) is 4.79 Å². The van der Waals surface area contributed by atoms with Crippen molar-refractivity contribution in [3.8, 4) is 5.75 Å². The number of rotatable bonds is 8. The molecule has 0 fully saturated rings. The molecule has 3 aromatic rings. The van der Waals surface area contributed by atoms with Gasteiger partial charge in [0.05, 0.1) is 18.8 Å². The van der Waals surface area contributed by atoms with Crippen molar-refractivity contribution in [2.45, 2.75) is 37.3 Å². The average molecular weight is 398 g/mol. The van der Waals surface area contributed by atoms with Gasteiger partial charge in [-0.3, -0.25) is 4.79 Å². The summed E-state index contributed by atoms with van der Waals surface area (Å²) in [5.41, 5.74) is 3.31. The quantitative estimate of drug-likeness (QED) is 0.583. The fourth-order valence-electron chi connectivity index (χ4n) is 2.52. The van der Waals surface area contributed by atoms with E-state index in [2.05, 4.69) is 15.5 Å². The molecule has 7 heteroatoms. The number of methoxy groups -OCH3 is 1. The minimum atomic E-state index is -0.334. The van der Waals surface area contributed by atoms with Crippen LogP contribution in [0, 0.1) is 6.92 Å². The monoisotopic (exact) mass is 397 g/mol. The predicted molar refractivity (Wildman–Crippen MR) is 108 cm³/mol. The minimum absolute atomic E-state index is 0.0690. The Morgan fingerprint density at radius 3 is 2.46 bits per heavy atom. The normalized spacial score (nSPS) is 11.8. The van der Waals surface area contributed by atoms with E-state index in [1.165, 1.54) is 17.3 Å². The summed E-state index contributed by atoms with van der Waals surface area (Å²) in [6.45, 7) is 4.35. The van der Waals surface area contributed by atoms with Gasteiger partial charge in [0.15, 0.2) is 0 Å². The summed E-state index contributed by atoms with van der Waals surface area (Å²) in [7, 11) is 1.63. The number of carbonyl (C=O) groups is 1. The number of amides is 1. The van der Waals surface area contributed by atoms with Gasteiger partial charge in [0.1, 0.15) is 5.75 Å². The van der Waals surface area contributed by atoms with E-state index in [4.69, 9.17) is 9.15 Å². The molecule has 28 heavy (non-hydrogen) atoms. The highest BCUT2D eigenvalue weighted by molar-refractivity contribution is 8.00. The van der Waals surface area contributed by atoms with E-state index in [-0.39, 0.29) is 11.2 Å². The van der Waals surface area contributed by atoms with Gasteiger partial charge in [0.2, 0.25) is 11.8 Å². The summed E-state index contributed by atoms with van der Waals surface area (Å²) in [5.74, 6) is 1.25. The van der Waals surface area contributed by atoms with Crippen LogP contribution in [-0.4, -0.2) is 28.5 Å². The number of aromatic nitrogens is 2. The van der Waals surface area contributed by atoms with Crippen molar-refractivity contribution in [3.05, 3.63) is 71.1 Å². The van der Waals surface area contributed by atoms with Gasteiger partial charge in [0.25, 0.3) is 5.22 Å². The van der Waals surface area contributed by atoms with Crippen LogP contribution in [0.4, 0.5) is 0 Å². The van der Waals surface area contributed by atoms with Crippen molar-refractivity contribution in [1.29, 1.82) is 0 Å². The lowest BCUT2D eigenvalue weighted by atomic mass is 10.1. The SMILES string of the molecule is COc1ccc(Cc2nnc(S[C@H](C)C(=O)NCc3ccc(C)cc3)o2)cc1. The molecular weight excluding hydrogens is 374 g/mol. The van der Waals surface area contributed by atoms with Gasteiger partial charge in [0, 0.05) is 6.54 Å². The maximum atomic E-state index is 12.3. The summed E-state index contributed by atoms with van der Waals surface area (Å²) in [4.78, 5) is 12.3. The predicted octanol–water partition coefficient (Wildman–Crippen LogP) is 3.77. The Morgan fingerprint density at radius 2 is 1.79 bits per heavy atom. The van der Waals surface area contributed by atoms with Crippen molar-refractivity contribution in [2.75, 3.05) is 7.11 Å². The first-order valence-corrected chi connectivity index (χ1v) is 9.86. The number of nitrogens with zero attached hydrogens (tertiary/aromatic N) is 2. The molecule has 0 aliphatic rings. The first kappa shape index (κ1) is 19.9. The molecule has 146 valence electrons. The number of thioether (sulfide) groups is 1. The molecule has 0 saturated carbocycles. The second-order valence-corrected chi connectivity index (χ2v) is 7.74. The van der Waals surface area contributed by atoms with E-state index in [0.29, 0.717) is 24.1 Å². The summed E-state index contributed by atoms with van der Waals surface area (Å²) in [6.07, 6.45) is 0.533. The lowest BCUT2D eigenvalue weighted by Crippen LogP contribution is -2.30. The molecule has 2 aromatic carbocycles. The summed E-state index contributed by atoms with van der Waals surface area (Å²) in [6, 6.07) is 15.8. The number of benzene rings is 2. The Kier molecular flexibility index (Phi) is 6.71. The zero-order valence-electron chi connectivity index (χ0n) is 16.1. The van der Waals surface area contributed by atoms with Crippen LogP contribution in [0.25, 0.3) is 0 Å². The third-order valence-corrected chi connectivity index (χ3v) is 5.13. The molecule has 0 radical (unpaired) electrons. The van der Waals surface area contributed by atoms with Gasteiger partial charge >= 0.3 is 0 Å². The third kappa shape index (κ3) is 5.60. The first-order valence-electron chi connectivity index (χ1n) is 8.98. The highest BCUT2D eigenvalue weighted by Gasteiger charge is 2.18. The number of carbonyl (C=O) groups excluding carboxylic acids is 1. The highest BCUT2D eigenvalue weighted by atomic mass is 32.2. The molecule has 0 bridgehead atoms. The van der Waals surface area contributed by atoms with Crippen molar-refractivity contribution in [1.82, 2.24) is 15.5 Å². The zero-order chi connectivity index (χ0) is 19.9. The molecule has 1 heterocycles. The molecule has 0 saturated heterocycles. The molecule has 3 rings (SSSR count). The molecule has 1 aromatic heterocycles. The Balaban J connectivity index is 1.50. The van der Waals surface area contributed by atoms with Crippen LogP contribution in [0.15, 0.2) is 58.2 Å². The highest BCUT2D eigenvalue weighted by Crippen LogP contribution is 2.23. The Labute approximate surface area is 168 Å². The van der Waals surface area contributed by atoms with Gasteiger partial charge in [-0.2, -0.15) is 0 Å². The van der Waals surface area contributed by atoms with E-state index in [0.717, 1.165) is 16.9 Å². The summed E-state index contributed by atoms with van der Waals surface area (Å²) >= 11 is 1.25. The molecule has 0 aliphatic carbocycles. The number of hydrogen-bond acceptors (Lipinski definition) is 6. The Hall–Kier alpha value is -2.80. The van der Waals surface area contributed by atoms with Crippen LogP contribution >= 0.6 is 11.8 Å². The second-order valence-electron chi connectivity index (χ2n) is 6.45. The molecule has 0 aliphatic heterocycles. The van der Waals surface area contributed by atoms with Crippen LogP contribution < -0.4 is 10.1 Å². The topological polar surface area (TPSA) is 77.2 Å². The Morgan fingerprint density at radius 1 is 1.11 bits per heavy atom. The maximum Gasteiger partial charge on any atom is 0.277 e. The van der Waals surface area contributed by atoms with E-state index < -0.39 is 0 Å². The number of ether oxygens (including phenoxy) is 1. The minimum Gasteiger partial charge on any atom is -0.497 e. The van der Waals surface area contributed by atoms with Gasteiger partial charge in [-0.05, 0) is 37.1 Å². The van der Waals surface area contributed by atoms with Gasteiger partial charge < -0.3 is 14.5 Å². The zero-order valence-corrected chi connectivity index (χ0v) is 17.0. The van der Waals surface area contributed by atoms with E-state index in [1.54, 1.807) is 7.11 Å². The molecular formula is C21H23N3O3S. The molecule has 1 N–H and O–H groups in total. The average Bonchev–Trinajstić information content (AvgIpc) is 3.14. The number of hydrogen-bond donors (Lipinski definition) is 1. The van der Waals surface area contributed by atoms with Crippen molar-refractivity contribution in [2.24, 2.45) is 0 Å².